The number of carbonyl (C=O) groups excluding carboxylic acids is 4. The Morgan fingerprint density at radius 3 is 2.34 bits per heavy atom. The minimum absolute atomic E-state index is 0. The van der Waals surface area contributed by atoms with Crippen molar-refractivity contribution in [2.24, 2.45) is 0 Å². The number of H-pyrrole nitrogens is 1. The number of anilines is 2. The second kappa shape index (κ2) is 24.5. The number of nitrogens with zero attached hydrogens (tertiary/aromatic N) is 3. The van der Waals surface area contributed by atoms with E-state index in [4.69, 9.17) is 15.2 Å². The molecule has 7 N–H and O–H groups in total. The summed E-state index contributed by atoms with van der Waals surface area (Å²) in [5.41, 5.74) is 7.63. The monoisotopic (exact) mass is 741 g/mol. The van der Waals surface area contributed by atoms with Gasteiger partial charge >= 0.3 is 5.69 Å². The van der Waals surface area contributed by atoms with Gasteiger partial charge in [0.2, 0.25) is 11.9 Å². The number of rotatable bonds is 27. The number of aromatic nitrogens is 4. The first kappa shape index (κ1) is 44.5. The van der Waals surface area contributed by atoms with Gasteiger partial charge in [-0.1, -0.05) is 32.9 Å². The summed E-state index contributed by atoms with van der Waals surface area (Å²) >= 11 is 0. The summed E-state index contributed by atoms with van der Waals surface area (Å²) in [5.74, 6) is 0.150. The van der Waals surface area contributed by atoms with E-state index in [1.807, 2.05) is 0 Å². The molecule has 0 aliphatic carbocycles. The lowest BCUT2D eigenvalue weighted by Crippen LogP contribution is -2.32. The van der Waals surface area contributed by atoms with Gasteiger partial charge in [-0.25, -0.2) is 4.79 Å². The Labute approximate surface area is 311 Å². The molecule has 1 atom stereocenters. The predicted molar refractivity (Wildman–Crippen MR) is 206 cm³/mol. The largest absolute Gasteiger partial charge is 0.382 e. The Morgan fingerprint density at radius 2 is 1.64 bits per heavy atom. The third-order valence-corrected chi connectivity index (χ3v) is 8.39. The molecular weight excluding hydrogens is 682 g/mol. The smallest absolute Gasteiger partial charge is 0.328 e. The standard InChI is InChI=1S/C36H55N9O7.CH4/c1-4-5-17-40-35-43-32(37)31-33(44-35)45(36(50)42-31)24-26-12-14-27(15-13-26)34(49)41-23-28(47)10-7-9-19-51-21-22-52-20-16-30(48)39-18-8-6-11-29(38-3)25(2)46;/h12-15,29,38H,4-11,16-24H2,1-3H3,(H,39,48)(H,41,49)(H,42,50)(H3,37,40,43,44);1H4. The van der Waals surface area contributed by atoms with Crippen molar-refractivity contribution in [3.8, 4) is 0 Å². The van der Waals surface area contributed by atoms with Crippen molar-refractivity contribution in [1.29, 1.82) is 0 Å². The molecule has 53 heavy (non-hydrogen) atoms. The molecule has 0 saturated carbocycles. The Kier molecular flexibility index (Phi) is 20.6. The Balaban J connectivity index is 0.00000972. The number of nitrogens with one attached hydrogen (secondary N) is 5. The van der Waals surface area contributed by atoms with Crippen LogP contribution in [0.1, 0.15) is 95.0 Å². The summed E-state index contributed by atoms with van der Waals surface area (Å²) in [6.45, 7) is 6.62. The van der Waals surface area contributed by atoms with E-state index in [1.165, 1.54) is 4.57 Å². The molecule has 0 radical (unpaired) electrons. The molecule has 0 bridgehead atoms. The molecule has 2 amide bonds. The highest BCUT2D eigenvalue weighted by atomic mass is 16.5. The van der Waals surface area contributed by atoms with Gasteiger partial charge < -0.3 is 41.5 Å². The van der Waals surface area contributed by atoms with E-state index in [0.717, 1.165) is 37.7 Å². The number of carbonyl (C=O) groups is 4. The van der Waals surface area contributed by atoms with Gasteiger partial charge in [0.25, 0.3) is 5.91 Å². The predicted octanol–water partition coefficient (Wildman–Crippen LogP) is 2.95. The lowest BCUT2D eigenvalue weighted by molar-refractivity contribution is -0.122. The summed E-state index contributed by atoms with van der Waals surface area (Å²) in [7, 11) is 1.77. The van der Waals surface area contributed by atoms with Gasteiger partial charge in [0, 0.05) is 38.1 Å². The average Bonchev–Trinajstić information content (AvgIpc) is 3.44. The number of hydrogen-bond acceptors (Lipinski definition) is 12. The average molecular weight is 742 g/mol. The molecule has 0 aliphatic heterocycles. The zero-order valence-electron chi connectivity index (χ0n) is 30.7. The molecule has 1 unspecified atom stereocenters. The lowest BCUT2D eigenvalue weighted by atomic mass is 10.1. The highest BCUT2D eigenvalue weighted by molar-refractivity contribution is 5.96. The molecule has 3 aromatic rings. The molecule has 1 aromatic carbocycles. The van der Waals surface area contributed by atoms with Crippen molar-refractivity contribution in [2.75, 3.05) is 64.2 Å². The van der Waals surface area contributed by atoms with Crippen molar-refractivity contribution < 1.29 is 28.7 Å². The van der Waals surface area contributed by atoms with E-state index in [9.17, 15) is 24.0 Å². The highest BCUT2D eigenvalue weighted by Crippen LogP contribution is 2.18. The van der Waals surface area contributed by atoms with Crippen LogP contribution in [0.25, 0.3) is 11.2 Å². The number of benzene rings is 1. The van der Waals surface area contributed by atoms with E-state index in [2.05, 4.69) is 43.1 Å². The van der Waals surface area contributed by atoms with Gasteiger partial charge in [0.05, 0.1) is 39.0 Å². The number of aromatic amines is 1. The topological polar surface area (TPSA) is 224 Å². The number of nitrogens with two attached hydrogens (primary N) is 1. The van der Waals surface area contributed by atoms with Crippen molar-refractivity contribution >= 4 is 46.3 Å². The molecule has 2 heterocycles. The van der Waals surface area contributed by atoms with Crippen molar-refractivity contribution in [3.05, 3.63) is 45.9 Å². The fourth-order valence-corrected chi connectivity index (χ4v) is 5.32. The third kappa shape index (κ3) is 15.9. The van der Waals surface area contributed by atoms with Crippen molar-refractivity contribution in [2.45, 2.75) is 91.6 Å². The van der Waals surface area contributed by atoms with Gasteiger partial charge in [0.15, 0.2) is 17.2 Å². The van der Waals surface area contributed by atoms with Crippen LogP contribution in [-0.2, 0) is 30.4 Å². The van der Waals surface area contributed by atoms with Gasteiger partial charge in [-0.15, -0.1) is 0 Å². The summed E-state index contributed by atoms with van der Waals surface area (Å²) in [6, 6.07) is 6.66. The Morgan fingerprint density at radius 1 is 0.906 bits per heavy atom. The van der Waals surface area contributed by atoms with Crippen LogP contribution < -0.4 is 32.7 Å². The van der Waals surface area contributed by atoms with Crippen LogP contribution in [0.15, 0.2) is 29.1 Å². The van der Waals surface area contributed by atoms with Crippen LogP contribution in [0.2, 0.25) is 0 Å². The van der Waals surface area contributed by atoms with Crippen LogP contribution >= 0.6 is 0 Å². The maximum absolute atomic E-state index is 12.7. The molecule has 294 valence electrons. The lowest BCUT2D eigenvalue weighted by Gasteiger charge is -2.12. The van der Waals surface area contributed by atoms with Gasteiger partial charge in [-0.05, 0) is 70.2 Å². The molecule has 2 aromatic heterocycles. The Bertz CT molecular complexity index is 1640. The van der Waals surface area contributed by atoms with E-state index >= 15 is 0 Å². The number of fused-ring (bicyclic) bond motifs is 1. The van der Waals surface area contributed by atoms with E-state index in [-0.39, 0.29) is 67.9 Å². The second-order valence-electron chi connectivity index (χ2n) is 12.6. The molecule has 16 nitrogen and oxygen atoms in total. The first-order valence-electron chi connectivity index (χ1n) is 18.1. The number of likely N-dealkylation sites (N-methyl/N-ethyl adjacent to an activating group) is 1. The zero-order chi connectivity index (χ0) is 37.7. The Hall–Kier alpha value is -4.67. The number of ketones is 2. The highest BCUT2D eigenvalue weighted by Gasteiger charge is 2.15. The number of hydrogen-bond donors (Lipinski definition) is 6. The second-order valence-corrected chi connectivity index (χ2v) is 12.6. The fraction of sp³-hybridized carbons (Fsp3) is 0.595. The molecular formula is C37H59N9O7. The molecule has 0 aliphatic rings. The van der Waals surface area contributed by atoms with Gasteiger partial charge in [-0.3, -0.25) is 23.7 Å². The van der Waals surface area contributed by atoms with Crippen molar-refractivity contribution in [3.63, 3.8) is 0 Å². The van der Waals surface area contributed by atoms with Gasteiger partial charge in [0.1, 0.15) is 11.3 Å². The number of unbranched alkanes of at least 4 members (excludes halogenated alkanes) is 3. The number of nitrogen functional groups attached to an aromatic ring is 1. The summed E-state index contributed by atoms with van der Waals surface area (Å²) < 4.78 is 12.5. The number of amides is 2. The van der Waals surface area contributed by atoms with Crippen LogP contribution in [0, 0.1) is 0 Å². The quantitative estimate of drug-likeness (QED) is 0.0621. The molecule has 0 spiro atoms. The zero-order valence-corrected chi connectivity index (χ0v) is 30.7. The molecule has 16 heteroatoms. The minimum atomic E-state index is -0.369. The maximum atomic E-state index is 12.7. The van der Waals surface area contributed by atoms with Crippen LogP contribution in [-0.4, -0.2) is 102 Å². The summed E-state index contributed by atoms with van der Waals surface area (Å²) in [4.78, 5) is 72.4. The normalized spacial score (nSPS) is 11.5. The van der Waals surface area contributed by atoms with Crippen LogP contribution in [0.4, 0.5) is 11.8 Å². The van der Waals surface area contributed by atoms with Crippen molar-refractivity contribution in [1.82, 2.24) is 35.5 Å². The number of Topliss-reactive ketones (excluding diaryl/α,β-unsaturated/α-hetero) is 2. The van der Waals surface area contributed by atoms with E-state index in [0.29, 0.717) is 81.5 Å². The number of ether oxygens (including phenoxy) is 2. The fourth-order valence-electron chi connectivity index (χ4n) is 5.32. The first-order valence-corrected chi connectivity index (χ1v) is 18.1. The van der Waals surface area contributed by atoms with Gasteiger partial charge in [-0.2, -0.15) is 9.97 Å². The van der Waals surface area contributed by atoms with Crippen LogP contribution in [0.5, 0.6) is 0 Å². The van der Waals surface area contributed by atoms with Crippen LogP contribution in [0.3, 0.4) is 0 Å². The molecule has 3 rings (SSSR count). The summed E-state index contributed by atoms with van der Waals surface area (Å²) in [5, 5.41) is 11.7. The third-order valence-electron chi connectivity index (χ3n) is 8.39. The SMILES string of the molecule is C.CCCCNc1nc(N)c2[nH]c(=O)n(Cc3ccc(C(=O)NCC(=O)CCCCOCCOCCC(=O)NCCCCC(NC)C(C)=O)cc3)c2n1. The number of imidazole rings is 1. The molecule has 0 fully saturated rings. The first-order chi connectivity index (χ1) is 25.1. The summed E-state index contributed by atoms with van der Waals surface area (Å²) in [6.07, 6.45) is 6.30. The van der Waals surface area contributed by atoms with E-state index in [1.54, 1.807) is 38.2 Å². The minimum Gasteiger partial charge on any atom is -0.382 e. The maximum Gasteiger partial charge on any atom is 0.328 e. The van der Waals surface area contributed by atoms with E-state index < -0.39 is 0 Å². The molecule has 0 saturated heterocycles.